The fraction of sp³-hybridized carbons (Fsp3) is 0.625. The maximum Gasteiger partial charge on any atom is 0.321 e. The Morgan fingerprint density at radius 1 is 1.58 bits per heavy atom. The molecule has 0 radical (unpaired) electrons. The van der Waals surface area contributed by atoms with Gasteiger partial charge in [-0.15, -0.1) is 0 Å². The first-order chi connectivity index (χ1) is 5.84. The number of amides is 2. The molecule has 0 aliphatic carbocycles. The van der Waals surface area contributed by atoms with Crippen molar-refractivity contribution in [2.45, 2.75) is 12.8 Å². The normalized spacial score (nSPS) is 16.4. The van der Waals surface area contributed by atoms with Crippen molar-refractivity contribution in [1.29, 1.82) is 0 Å². The maximum absolute atomic E-state index is 11.1. The number of unbranched alkanes of at least 4 members (excludes halogenated alkanes) is 1. The molecule has 0 saturated heterocycles. The molecule has 1 rings (SSSR count). The van der Waals surface area contributed by atoms with Crippen LogP contribution in [0.15, 0.2) is 12.3 Å². The number of aliphatic hydroxyl groups is 1. The molecule has 4 nitrogen and oxygen atoms in total. The standard InChI is InChI=1S/C8H14N2O2/c11-7-2-1-5-10-6-3-4-9-8(10)12/h3,6,11H,1-2,4-5,7H2,(H,9,12). The van der Waals surface area contributed by atoms with Crippen LogP contribution in [0.5, 0.6) is 0 Å². The van der Waals surface area contributed by atoms with Crippen molar-refractivity contribution in [2.24, 2.45) is 0 Å². The molecule has 1 heterocycles. The number of aliphatic hydroxyl groups excluding tert-OH is 1. The van der Waals surface area contributed by atoms with Crippen LogP contribution in [0.1, 0.15) is 12.8 Å². The second kappa shape index (κ2) is 4.77. The maximum atomic E-state index is 11.1. The van der Waals surface area contributed by atoms with E-state index in [4.69, 9.17) is 5.11 Å². The first kappa shape index (κ1) is 9.06. The van der Waals surface area contributed by atoms with Gasteiger partial charge >= 0.3 is 6.03 Å². The first-order valence-electron chi connectivity index (χ1n) is 4.16. The lowest BCUT2D eigenvalue weighted by molar-refractivity contribution is 0.210. The second-order valence-electron chi connectivity index (χ2n) is 2.69. The van der Waals surface area contributed by atoms with Crippen LogP contribution in [0.4, 0.5) is 4.79 Å². The lowest BCUT2D eigenvalue weighted by atomic mass is 10.3. The van der Waals surface area contributed by atoms with Crippen molar-refractivity contribution in [2.75, 3.05) is 19.7 Å². The minimum absolute atomic E-state index is 0.0459. The molecule has 0 aromatic rings. The highest BCUT2D eigenvalue weighted by molar-refractivity contribution is 5.76. The van der Waals surface area contributed by atoms with Crippen molar-refractivity contribution in [3.8, 4) is 0 Å². The fourth-order valence-corrected chi connectivity index (χ4v) is 1.07. The van der Waals surface area contributed by atoms with Crippen LogP contribution in [0, 0.1) is 0 Å². The predicted octanol–water partition coefficient (Wildman–Crippen LogP) is 0.298. The number of hydrogen-bond acceptors (Lipinski definition) is 2. The molecule has 0 unspecified atom stereocenters. The number of carbonyl (C=O) groups excluding carboxylic acids is 1. The Bertz CT molecular complexity index is 180. The third kappa shape index (κ3) is 2.54. The first-order valence-corrected chi connectivity index (χ1v) is 4.16. The number of urea groups is 1. The third-order valence-corrected chi connectivity index (χ3v) is 1.72. The van der Waals surface area contributed by atoms with Gasteiger partial charge in [0.1, 0.15) is 0 Å². The van der Waals surface area contributed by atoms with Crippen molar-refractivity contribution in [3.63, 3.8) is 0 Å². The summed E-state index contributed by atoms with van der Waals surface area (Å²) >= 11 is 0. The molecule has 0 atom stereocenters. The lowest BCUT2D eigenvalue weighted by Gasteiger charge is -2.21. The van der Waals surface area contributed by atoms with Gasteiger partial charge in [0, 0.05) is 25.9 Å². The molecule has 4 heteroatoms. The summed E-state index contributed by atoms with van der Waals surface area (Å²) in [5, 5.41) is 11.2. The van der Waals surface area contributed by atoms with E-state index in [9.17, 15) is 4.79 Å². The molecule has 0 spiro atoms. The largest absolute Gasteiger partial charge is 0.396 e. The van der Waals surface area contributed by atoms with Crippen LogP contribution in [-0.4, -0.2) is 35.7 Å². The molecule has 0 saturated carbocycles. The number of carbonyl (C=O) groups is 1. The minimum Gasteiger partial charge on any atom is -0.396 e. The van der Waals surface area contributed by atoms with E-state index >= 15 is 0 Å². The monoisotopic (exact) mass is 170 g/mol. The number of hydrogen-bond donors (Lipinski definition) is 2. The van der Waals surface area contributed by atoms with E-state index in [1.54, 1.807) is 11.1 Å². The smallest absolute Gasteiger partial charge is 0.321 e. The van der Waals surface area contributed by atoms with Gasteiger partial charge in [0.05, 0.1) is 0 Å². The summed E-state index contributed by atoms with van der Waals surface area (Å²) in [6.45, 7) is 1.50. The summed E-state index contributed by atoms with van der Waals surface area (Å²) in [7, 11) is 0. The van der Waals surface area contributed by atoms with E-state index in [0.717, 1.165) is 12.8 Å². The SMILES string of the molecule is O=C1NCC=CN1CCCCO. The lowest BCUT2D eigenvalue weighted by Crippen LogP contribution is -2.40. The molecule has 68 valence electrons. The van der Waals surface area contributed by atoms with Crippen molar-refractivity contribution >= 4 is 6.03 Å². The van der Waals surface area contributed by atoms with Crippen LogP contribution in [0.3, 0.4) is 0 Å². The van der Waals surface area contributed by atoms with Gasteiger partial charge in [0.2, 0.25) is 0 Å². The van der Waals surface area contributed by atoms with Crippen LogP contribution < -0.4 is 5.32 Å². The Labute approximate surface area is 71.9 Å². The van der Waals surface area contributed by atoms with Gasteiger partial charge in [-0.25, -0.2) is 4.79 Å². The van der Waals surface area contributed by atoms with Crippen LogP contribution >= 0.6 is 0 Å². The zero-order chi connectivity index (χ0) is 8.81. The summed E-state index contributed by atoms with van der Waals surface area (Å²) in [4.78, 5) is 12.7. The topological polar surface area (TPSA) is 52.6 Å². The van der Waals surface area contributed by atoms with Crippen LogP contribution in [-0.2, 0) is 0 Å². The summed E-state index contributed by atoms with van der Waals surface area (Å²) in [6, 6.07) is -0.0459. The van der Waals surface area contributed by atoms with Crippen molar-refractivity contribution in [1.82, 2.24) is 10.2 Å². The van der Waals surface area contributed by atoms with Gasteiger partial charge < -0.3 is 15.3 Å². The molecule has 1 aliphatic heterocycles. The Morgan fingerprint density at radius 2 is 2.42 bits per heavy atom. The second-order valence-corrected chi connectivity index (χ2v) is 2.69. The number of nitrogens with zero attached hydrogens (tertiary/aromatic N) is 1. The van der Waals surface area contributed by atoms with Gasteiger partial charge in [0.25, 0.3) is 0 Å². The minimum atomic E-state index is -0.0459. The average Bonchev–Trinajstić information content (AvgIpc) is 2.09. The van der Waals surface area contributed by atoms with E-state index in [1.165, 1.54) is 0 Å². The summed E-state index contributed by atoms with van der Waals surface area (Å²) in [5.74, 6) is 0. The third-order valence-electron chi connectivity index (χ3n) is 1.72. The highest BCUT2D eigenvalue weighted by Gasteiger charge is 2.11. The van der Waals surface area contributed by atoms with Crippen molar-refractivity contribution < 1.29 is 9.90 Å². The van der Waals surface area contributed by atoms with Crippen LogP contribution in [0.2, 0.25) is 0 Å². The average molecular weight is 170 g/mol. The summed E-state index contributed by atoms with van der Waals surface area (Å²) in [6.07, 6.45) is 5.28. The Morgan fingerprint density at radius 3 is 3.08 bits per heavy atom. The highest BCUT2D eigenvalue weighted by atomic mass is 16.3. The van der Waals surface area contributed by atoms with Gasteiger partial charge in [-0.2, -0.15) is 0 Å². The van der Waals surface area contributed by atoms with Crippen molar-refractivity contribution in [3.05, 3.63) is 12.3 Å². The van der Waals surface area contributed by atoms with Gasteiger partial charge in [-0.05, 0) is 18.9 Å². The molecule has 0 bridgehead atoms. The molecule has 12 heavy (non-hydrogen) atoms. The zero-order valence-corrected chi connectivity index (χ0v) is 6.99. The van der Waals surface area contributed by atoms with E-state index in [1.807, 2.05) is 6.08 Å². The summed E-state index contributed by atoms with van der Waals surface area (Å²) < 4.78 is 0. The van der Waals surface area contributed by atoms with E-state index in [2.05, 4.69) is 5.32 Å². The molecule has 2 amide bonds. The molecule has 0 aromatic heterocycles. The molecule has 1 aliphatic rings. The van der Waals surface area contributed by atoms with Gasteiger partial charge in [-0.1, -0.05) is 0 Å². The van der Waals surface area contributed by atoms with E-state index in [0.29, 0.717) is 13.1 Å². The summed E-state index contributed by atoms with van der Waals surface area (Å²) in [5.41, 5.74) is 0. The number of nitrogens with one attached hydrogen (secondary N) is 1. The Balaban J connectivity index is 2.25. The molecule has 0 fully saturated rings. The highest BCUT2D eigenvalue weighted by Crippen LogP contribution is 1.99. The van der Waals surface area contributed by atoms with Gasteiger partial charge in [0.15, 0.2) is 0 Å². The van der Waals surface area contributed by atoms with Crippen LogP contribution in [0.25, 0.3) is 0 Å². The quantitative estimate of drug-likeness (QED) is 0.596. The zero-order valence-electron chi connectivity index (χ0n) is 6.99. The fourth-order valence-electron chi connectivity index (χ4n) is 1.07. The molecular weight excluding hydrogens is 156 g/mol. The molecule has 2 N–H and O–H groups in total. The Kier molecular flexibility index (Phi) is 3.60. The molecular formula is C8H14N2O2. The molecule has 0 aromatic carbocycles. The number of rotatable bonds is 4. The van der Waals surface area contributed by atoms with E-state index in [-0.39, 0.29) is 12.6 Å². The van der Waals surface area contributed by atoms with Gasteiger partial charge in [-0.3, -0.25) is 0 Å². The van der Waals surface area contributed by atoms with E-state index < -0.39 is 0 Å². The Hall–Kier alpha value is -1.03. The predicted molar refractivity (Wildman–Crippen MR) is 45.6 cm³/mol.